The molecule has 0 spiro atoms. The zero-order chi connectivity index (χ0) is 13.7. The second-order valence-corrected chi connectivity index (χ2v) is 4.50. The lowest BCUT2D eigenvalue weighted by molar-refractivity contribution is -0.123. The molecule has 0 saturated carbocycles. The third-order valence-electron chi connectivity index (χ3n) is 2.95. The van der Waals surface area contributed by atoms with E-state index in [2.05, 4.69) is 29.7 Å². The summed E-state index contributed by atoms with van der Waals surface area (Å²) in [5, 5.41) is 1.84. The fraction of sp³-hybridized carbons (Fsp3) is 0.188. The Kier molecular flexibility index (Phi) is 4.31. The number of benzene rings is 2. The van der Waals surface area contributed by atoms with Crippen LogP contribution in [0, 0.1) is 0 Å². The summed E-state index contributed by atoms with van der Waals surface area (Å²) >= 11 is 0. The summed E-state index contributed by atoms with van der Waals surface area (Å²) in [5.41, 5.74) is 5.12. The van der Waals surface area contributed by atoms with E-state index in [4.69, 9.17) is 0 Å². The highest BCUT2D eigenvalue weighted by Crippen LogP contribution is 2.25. The van der Waals surface area contributed by atoms with E-state index in [1.807, 2.05) is 48.5 Å². The Balaban J connectivity index is 2.37. The molecule has 0 aliphatic heterocycles. The zero-order valence-corrected chi connectivity index (χ0v) is 11.2. The van der Waals surface area contributed by atoms with Gasteiger partial charge in [0.2, 0.25) is 5.91 Å². The molecule has 3 heteroatoms. The van der Waals surface area contributed by atoms with Crippen LogP contribution in [0.1, 0.15) is 24.1 Å². The van der Waals surface area contributed by atoms with Crippen molar-refractivity contribution in [3.8, 4) is 0 Å². The molecule has 0 unspecified atom stereocenters. The number of hydrogen-bond donors (Lipinski definition) is 1. The minimum Gasteiger partial charge on any atom is -0.289 e. The van der Waals surface area contributed by atoms with Crippen LogP contribution in [-0.4, -0.2) is 18.0 Å². The molecule has 0 fully saturated rings. The summed E-state index contributed by atoms with van der Waals surface area (Å²) in [6.45, 7) is 1.52. The molecule has 1 amide bonds. The summed E-state index contributed by atoms with van der Waals surface area (Å²) in [5.74, 6) is -0.0700. The highest BCUT2D eigenvalue weighted by atomic mass is 16.2. The van der Waals surface area contributed by atoms with Gasteiger partial charge >= 0.3 is 0 Å². The molecule has 3 nitrogen and oxygen atoms in total. The third-order valence-corrected chi connectivity index (χ3v) is 2.95. The SMILES string of the molecule is CC(=O)NN(C)C(c1ccccc1)c1ccccc1. The lowest BCUT2D eigenvalue weighted by Gasteiger charge is -2.28. The van der Waals surface area contributed by atoms with Crippen molar-refractivity contribution in [2.45, 2.75) is 13.0 Å². The number of rotatable bonds is 4. The van der Waals surface area contributed by atoms with Crippen molar-refractivity contribution in [2.75, 3.05) is 7.05 Å². The van der Waals surface area contributed by atoms with Crippen LogP contribution in [0.15, 0.2) is 60.7 Å². The van der Waals surface area contributed by atoms with Crippen LogP contribution in [-0.2, 0) is 4.79 Å². The van der Waals surface area contributed by atoms with Gasteiger partial charge < -0.3 is 0 Å². The van der Waals surface area contributed by atoms with Crippen LogP contribution in [0.2, 0.25) is 0 Å². The number of hydrogen-bond acceptors (Lipinski definition) is 2. The summed E-state index contributed by atoms with van der Waals surface area (Å²) in [4.78, 5) is 11.3. The molecular weight excluding hydrogens is 236 g/mol. The Morgan fingerprint density at radius 3 is 1.74 bits per heavy atom. The normalized spacial score (nSPS) is 10.7. The van der Waals surface area contributed by atoms with Crippen molar-refractivity contribution >= 4 is 5.91 Å². The number of hydrazine groups is 1. The van der Waals surface area contributed by atoms with Crippen molar-refractivity contribution in [1.29, 1.82) is 0 Å². The largest absolute Gasteiger partial charge is 0.289 e. The van der Waals surface area contributed by atoms with Gasteiger partial charge in [-0.05, 0) is 11.1 Å². The molecule has 19 heavy (non-hydrogen) atoms. The maximum Gasteiger partial charge on any atom is 0.231 e. The predicted octanol–water partition coefficient (Wildman–Crippen LogP) is 2.76. The van der Waals surface area contributed by atoms with Gasteiger partial charge in [-0.25, -0.2) is 5.01 Å². The maximum atomic E-state index is 11.3. The Morgan fingerprint density at radius 1 is 0.947 bits per heavy atom. The molecule has 0 aromatic heterocycles. The van der Waals surface area contributed by atoms with E-state index in [1.165, 1.54) is 6.92 Å². The van der Waals surface area contributed by atoms with E-state index in [0.29, 0.717) is 0 Å². The van der Waals surface area contributed by atoms with E-state index < -0.39 is 0 Å². The third kappa shape index (κ3) is 3.42. The maximum absolute atomic E-state index is 11.3. The molecule has 0 atom stereocenters. The topological polar surface area (TPSA) is 32.3 Å². The van der Waals surface area contributed by atoms with Crippen molar-refractivity contribution < 1.29 is 4.79 Å². The lowest BCUT2D eigenvalue weighted by atomic mass is 9.98. The zero-order valence-electron chi connectivity index (χ0n) is 11.2. The Labute approximate surface area is 113 Å². The van der Waals surface area contributed by atoms with Gasteiger partial charge in [0, 0.05) is 14.0 Å². The molecule has 2 aromatic rings. The molecule has 0 saturated heterocycles. The first kappa shape index (κ1) is 13.3. The fourth-order valence-electron chi connectivity index (χ4n) is 2.22. The monoisotopic (exact) mass is 254 g/mol. The van der Waals surface area contributed by atoms with Crippen molar-refractivity contribution in [1.82, 2.24) is 10.4 Å². The van der Waals surface area contributed by atoms with Crippen LogP contribution in [0.25, 0.3) is 0 Å². The first-order valence-corrected chi connectivity index (χ1v) is 6.28. The minimum absolute atomic E-state index is 0.00583. The molecular formula is C16H18N2O. The van der Waals surface area contributed by atoms with E-state index in [-0.39, 0.29) is 11.9 Å². The predicted molar refractivity (Wildman–Crippen MR) is 76.3 cm³/mol. The summed E-state index contributed by atoms with van der Waals surface area (Å²) < 4.78 is 0. The second kappa shape index (κ2) is 6.16. The summed E-state index contributed by atoms with van der Waals surface area (Å²) in [6, 6.07) is 20.3. The van der Waals surface area contributed by atoms with Gasteiger partial charge in [-0.3, -0.25) is 10.2 Å². The van der Waals surface area contributed by atoms with E-state index in [1.54, 1.807) is 0 Å². The smallest absolute Gasteiger partial charge is 0.231 e. The molecule has 0 aliphatic rings. The van der Waals surface area contributed by atoms with Gasteiger partial charge in [0.25, 0.3) is 0 Å². The Morgan fingerprint density at radius 2 is 1.37 bits per heavy atom. The van der Waals surface area contributed by atoms with Gasteiger partial charge in [-0.1, -0.05) is 60.7 Å². The average Bonchev–Trinajstić information content (AvgIpc) is 2.40. The summed E-state index contributed by atoms with van der Waals surface area (Å²) in [6.07, 6.45) is 0. The van der Waals surface area contributed by atoms with Crippen molar-refractivity contribution in [2.24, 2.45) is 0 Å². The van der Waals surface area contributed by atoms with Crippen LogP contribution in [0.4, 0.5) is 0 Å². The molecule has 2 aromatic carbocycles. The number of carbonyl (C=O) groups excluding carboxylic acids is 1. The van der Waals surface area contributed by atoms with Crippen molar-refractivity contribution in [3.05, 3.63) is 71.8 Å². The van der Waals surface area contributed by atoms with Gasteiger partial charge in [0.15, 0.2) is 0 Å². The Hall–Kier alpha value is -2.13. The molecule has 0 aliphatic carbocycles. The van der Waals surface area contributed by atoms with Gasteiger partial charge in [0.1, 0.15) is 0 Å². The number of amides is 1. The molecule has 2 rings (SSSR count). The van der Waals surface area contributed by atoms with E-state index >= 15 is 0 Å². The molecule has 0 radical (unpaired) electrons. The second-order valence-electron chi connectivity index (χ2n) is 4.50. The Bertz CT molecular complexity index is 485. The lowest BCUT2D eigenvalue weighted by Crippen LogP contribution is -2.40. The molecule has 98 valence electrons. The fourth-order valence-corrected chi connectivity index (χ4v) is 2.22. The highest BCUT2D eigenvalue weighted by molar-refractivity contribution is 5.72. The first-order chi connectivity index (χ1) is 9.18. The number of nitrogens with zero attached hydrogens (tertiary/aromatic N) is 1. The molecule has 0 heterocycles. The quantitative estimate of drug-likeness (QED) is 0.851. The van der Waals surface area contributed by atoms with Crippen LogP contribution in [0.3, 0.4) is 0 Å². The van der Waals surface area contributed by atoms with Gasteiger partial charge in [-0.2, -0.15) is 0 Å². The van der Waals surface area contributed by atoms with Crippen molar-refractivity contribution in [3.63, 3.8) is 0 Å². The van der Waals surface area contributed by atoms with Gasteiger partial charge in [-0.15, -0.1) is 0 Å². The highest BCUT2D eigenvalue weighted by Gasteiger charge is 2.19. The minimum atomic E-state index is -0.0700. The standard InChI is InChI=1S/C16H18N2O/c1-13(19)17-18(2)16(14-9-5-3-6-10-14)15-11-7-4-8-12-15/h3-12,16H,1-2H3,(H,17,19). The first-order valence-electron chi connectivity index (χ1n) is 6.28. The molecule has 0 bridgehead atoms. The number of carbonyl (C=O) groups is 1. The molecule has 1 N–H and O–H groups in total. The summed E-state index contributed by atoms with van der Waals surface area (Å²) in [7, 11) is 1.88. The average molecular weight is 254 g/mol. The van der Waals surface area contributed by atoms with Crippen LogP contribution >= 0.6 is 0 Å². The van der Waals surface area contributed by atoms with Crippen LogP contribution in [0.5, 0.6) is 0 Å². The van der Waals surface area contributed by atoms with E-state index in [9.17, 15) is 4.79 Å². The van der Waals surface area contributed by atoms with E-state index in [0.717, 1.165) is 11.1 Å². The number of nitrogens with one attached hydrogen (secondary N) is 1. The van der Waals surface area contributed by atoms with Crippen LogP contribution < -0.4 is 5.43 Å². The van der Waals surface area contributed by atoms with Gasteiger partial charge in [0.05, 0.1) is 6.04 Å².